The van der Waals surface area contributed by atoms with Crippen LogP contribution in [-0.4, -0.2) is 42.3 Å². The molecule has 0 radical (unpaired) electrons. The molecule has 0 atom stereocenters. The van der Waals surface area contributed by atoms with Gasteiger partial charge in [0.25, 0.3) is 5.91 Å². The van der Waals surface area contributed by atoms with Crippen molar-refractivity contribution in [2.45, 2.75) is 0 Å². The van der Waals surface area contributed by atoms with Crippen molar-refractivity contribution in [1.82, 2.24) is 9.88 Å². The zero-order chi connectivity index (χ0) is 12.1. The molecule has 0 aliphatic rings. The lowest BCUT2D eigenvalue weighted by molar-refractivity contribution is -0.116. The van der Waals surface area contributed by atoms with Crippen LogP contribution in [0.25, 0.3) is 0 Å². The van der Waals surface area contributed by atoms with Crippen molar-refractivity contribution in [3.63, 3.8) is 0 Å². The van der Waals surface area contributed by atoms with Crippen LogP contribution in [0, 0.1) is 0 Å². The first kappa shape index (κ1) is 12.0. The van der Waals surface area contributed by atoms with E-state index in [1.165, 1.54) is 11.1 Å². The number of aromatic nitrogens is 1. The summed E-state index contributed by atoms with van der Waals surface area (Å²) in [5.41, 5.74) is 5.46. The Morgan fingerprint density at radius 2 is 2.12 bits per heavy atom. The number of nitrogens with zero attached hydrogens (tertiary/aromatic N) is 2. The Morgan fingerprint density at radius 3 is 2.56 bits per heavy atom. The maximum atomic E-state index is 11.5. The number of hydrogen-bond acceptors (Lipinski definition) is 4. The molecule has 0 aliphatic heterocycles. The number of carbonyl (C=O) groups excluding carboxylic acids is 2. The van der Waals surface area contributed by atoms with Gasteiger partial charge in [0.05, 0.1) is 12.1 Å². The third-order valence-electron chi connectivity index (χ3n) is 1.86. The second-order valence-electron chi connectivity index (χ2n) is 3.45. The fourth-order valence-corrected chi connectivity index (χ4v) is 1.06. The number of pyridine rings is 1. The number of rotatable bonds is 4. The van der Waals surface area contributed by atoms with Gasteiger partial charge in [-0.15, -0.1) is 0 Å². The van der Waals surface area contributed by atoms with E-state index in [0.29, 0.717) is 11.4 Å². The Labute approximate surface area is 93.4 Å². The van der Waals surface area contributed by atoms with E-state index in [1.54, 1.807) is 26.2 Å². The highest BCUT2D eigenvalue weighted by atomic mass is 16.2. The minimum atomic E-state index is -0.463. The molecule has 6 heteroatoms. The van der Waals surface area contributed by atoms with Gasteiger partial charge in [-0.3, -0.25) is 9.59 Å². The van der Waals surface area contributed by atoms with E-state index in [9.17, 15) is 9.59 Å². The van der Waals surface area contributed by atoms with Crippen LogP contribution in [0.5, 0.6) is 0 Å². The normalized spacial score (nSPS) is 9.62. The van der Waals surface area contributed by atoms with Crippen LogP contribution in [0.2, 0.25) is 0 Å². The summed E-state index contributed by atoms with van der Waals surface area (Å²) in [6, 6.07) is 3.26. The average Bonchev–Trinajstić information content (AvgIpc) is 2.26. The maximum Gasteiger partial charge on any atom is 0.254 e. The van der Waals surface area contributed by atoms with Gasteiger partial charge in [0, 0.05) is 20.3 Å². The Balaban J connectivity index is 2.68. The Morgan fingerprint density at radius 1 is 1.44 bits per heavy atom. The van der Waals surface area contributed by atoms with Gasteiger partial charge in [-0.05, 0) is 12.1 Å². The number of primary amides is 1. The Bertz CT molecular complexity index is 386. The number of hydrogen-bond donors (Lipinski definition) is 2. The van der Waals surface area contributed by atoms with Gasteiger partial charge in [0.2, 0.25) is 5.91 Å². The molecular formula is C10H14N4O2. The lowest BCUT2D eigenvalue weighted by Crippen LogP contribution is -2.23. The highest BCUT2D eigenvalue weighted by Gasteiger charge is 2.07. The molecule has 0 bridgehead atoms. The van der Waals surface area contributed by atoms with E-state index >= 15 is 0 Å². The number of nitrogens with two attached hydrogens (primary N) is 1. The van der Waals surface area contributed by atoms with Crippen molar-refractivity contribution in [2.75, 3.05) is 26.0 Å². The quantitative estimate of drug-likeness (QED) is 0.730. The Hall–Kier alpha value is -2.11. The van der Waals surface area contributed by atoms with E-state index in [1.807, 2.05) is 0 Å². The molecule has 6 nitrogen and oxygen atoms in total. The molecule has 2 amide bonds. The number of anilines is 1. The van der Waals surface area contributed by atoms with Gasteiger partial charge in [0.1, 0.15) is 5.82 Å². The molecule has 1 aromatic heterocycles. The van der Waals surface area contributed by atoms with Crippen molar-refractivity contribution >= 4 is 17.6 Å². The van der Waals surface area contributed by atoms with Crippen LogP contribution >= 0.6 is 0 Å². The van der Waals surface area contributed by atoms with Gasteiger partial charge in [0.15, 0.2) is 0 Å². The summed E-state index contributed by atoms with van der Waals surface area (Å²) in [4.78, 5) is 27.5. The summed E-state index contributed by atoms with van der Waals surface area (Å²) in [6.07, 6.45) is 1.45. The first-order valence-electron chi connectivity index (χ1n) is 4.70. The lowest BCUT2D eigenvalue weighted by atomic mass is 10.2. The summed E-state index contributed by atoms with van der Waals surface area (Å²) >= 11 is 0. The lowest BCUT2D eigenvalue weighted by Gasteiger charge is -2.10. The van der Waals surface area contributed by atoms with E-state index in [2.05, 4.69) is 10.3 Å². The molecule has 0 aliphatic carbocycles. The average molecular weight is 222 g/mol. The highest BCUT2D eigenvalue weighted by molar-refractivity contribution is 5.93. The zero-order valence-corrected chi connectivity index (χ0v) is 9.23. The van der Waals surface area contributed by atoms with Gasteiger partial charge < -0.3 is 16.0 Å². The molecule has 0 fully saturated rings. The molecule has 3 N–H and O–H groups in total. The minimum absolute atomic E-state index is 0.0218. The van der Waals surface area contributed by atoms with Crippen LogP contribution in [0.15, 0.2) is 18.3 Å². The highest BCUT2D eigenvalue weighted by Crippen LogP contribution is 2.06. The smallest absolute Gasteiger partial charge is 0.254 e. The molecule has 0 saturated heterocycles. The van der Waals surface area contributed by atoms with Crippen LogP contribution in [0.1, 0.15) is 10.4 Å². The van der Waals surface area contributed by atoms with Gasteiger partial charge in [-0.2, -0.15) is 0 Å². The maximum absolute atomic E-state index is 11.5. The van der Waals surface area contributed by atoms with Crippen LogP contribution in [-0.2, 0) is 4.79 Å². The van der Waals surface area contributed by atoms with Crippen molar-refractivity contribution in [3.05, 3.63) is 23.9 Å². The molecule has 0 unspecified atom stereocenters. The van der Waals surface area contributed by atoms with Crippen molar-refractivity contribution in [3.8, 4) is 0 Å². The van der Waals surface area contributed by atoms with E-state index in [4.69, 9.17) is 5.73 Å². The van der Waals surface area contributed by atoms with E-state index in [0.717, 1.165) is 0 Å². The van der Waals surface area contributed by atoms with E-state index in [-0.39, 0.29) is 12.5 Å². The SMILES string of the molecule is CN(C)C(=O)c1ccc(NCC(N)=O)nc1. The summed E-state index contributed by atoms with van der Waals surface area (Å²) in [5, 5.41) is 2.73. The summed E-state index contributed by atoms with van der Waals surface area (Å²) in [6.45, 7) is 0.0218. The summed E-state index contributed by atoms with van der Waals surface area (Å²) in [7, 11) is 3.34. The Kier molecular flexibility index (Phi) is 3.82. The standard InChI is InChI=1S/C10H14N4O2/c1-14(2)10(16)7-3-4-9(12-5-7)13-6-8(11)15/h3-5H,6H2,1-2H3,(H2,11,15)(H,12,13). The fraction of sp³-hybridized carbons (Fsp3) is 0.300. The second-order valence-corrected chi connectivity index (χ2v) is 3.45. The number of carbonyl (C=O) groups is 2. The second kappa shape index (κ2) is 5.11. The monoisotopic (exact) mass is 222 g/mol. The predicted octanol–water partition coefficient (Wildman–Crippen LogP) is -0.319. The third kappa shape index (κ3) is 3.23. The first-order chi connectivity index (χ1) is 7.50. The molecule has 0 aromatic carbocycles. The molecule has 16 heavy (non-hydrogen) atoms. The van der Waals surface area contributed by atoms with Crippen molar-refractivity contribution in [1.29, 1.82) is 0 Å². The molecule has 0 spiro atoms. The summed E-state index contributed by atoms with van der Waals surface area (Å²) in [5.74, 6) is -0.0710. The minimum Gasteiger partial charge on any atom is -0.368 e. The van der Waals surface area contributed by atoms with Crippen molar-refractivity contribution < 1.29 is 9.59 Å². The van der Waals surface area contributed by atoms with Gasteiger partial charge in [-0.25, -0.2) is 4.98 Å². The van der Waals surface area contributed by atoms with Crippen LogP contribution in [0.4, 0.5) is 5.82 Å². The predicted molar refractivity (Wildman–Crippen MR) is 59.9 cm³/mol. The zero-order valence-electron chi connectivity index (χ0n) is 9.23. The largest absolute Gasteiger partial charge is 0.368 e. The molecule has 1 aromatic rings. The van der Waals surface area contributed by atoms with Crippen LogP contribution < -0.4 is 11.1 Å². The molecule has 1 rings (SSSR count). The number of nitrogens with one attached hydrogen (secondary N) is 1. The van der Waals surface area contributed by atoms with Gasteiger partial charge in [-0.1, -0.05) is 0 Å². The molecular weight excluding hydrogens is 208 g/mol. The fourth-order valence-electron chi connectivity index (χ4n) is 1.06. The van der Waals surface area contributed by atoms with Gasteiger partial charge >= 0.3 is 0 Å². The number of amides is 2. The van der Waals surface area contributed by atoms with Crippen molar-refractivity contribution in [2.24, 2.45) is 5.73 Å². The molecule has 1 heterocycles. The topological polar surface area (TPSA) is 88.3 Å². The van der Waals surface area contributed by atoms with Crippen LogP contribution in [0.3, 0.4) is 0 Å². The molecule has 86 valence electrons. The molecule has 0 saturated carbocycles. The first-order valence-corrected chi connectivity index (χ1v) is 4.70. The van der Waals surface area contributed by atoms with E-state index < -0.39 is 5.91 Å². The third-order valence-corrected chi connectivity index (χ3v) is 1.86. The summed E-state index contributed by atoms with van der Waals surface area (Å²) < 4.78 is 0.